The van der Waals surface area contributed by atoms with Gasteiger partial charge < -0.3 is 4.90 Å². The summed E-state index contributed by atoms with van der Waals surface area (Å²) in [5.41, 5.74) is 0. The number of halogens is 1. The molecule has 1 saturated heterocycles. The maximum absolute atomic E-state index is 12.7. The second-order valence-electron chi connectivity index (χ2n) is 4.30. The van der Waals surface area contributed by atoms with E-state index in [1.54, 1.807) is 4.90 Å². The molecule has 1 fully saturated rings. The monoisotopic (exact) mass is 271 g/mol. The number of likely N-dealkylation sites (tertiary alicyclic amines) is 1. The number of nitrogens with zero attached hydrogens (tertiary/aromatic N) is 1. The van der Waals surface area contributed by atoms with Gasteiger partial charge in [0.15, 0.2) is 9.84 Å². The Labute approximate surface area is 105 Å². The minimum absolute atomic E-state index is 0.0172. The Morgan fingerprint density at radius 2 is 1.72 bits per heavy atom. The Balaban J connectivity index is 2.11. The van der Waals surface area contributed by atoms with Crippen LogP contribution in [-0.4, -0.2) is 38.1 Å². The number of carbonyl (C=O) groups excluding carboxylic acids is 1. The molecule has 1 heterocycles. The lowest BCUT2D eigenvalue weighted by molar-refractivity contribution is -0.127. The Hall–Kier alpha value is -1.43. The molecule has 1 aromatic rings. The van der Waals surface area contributed by atoms with Crippen LogP contribution in [0.4, 0.5) is 4.39 Å². The molecule has 1 amide bonds. The van der Waals surface area contributed by atoms with Crippen molar-refractivity contribution in [2.75, 3.05) is 18.8 Å². The van der Waals surface area contributed by atoms with E-state index in [-0.39, 0.29) is 10.8 Å². The zero-order valence-corrected chi connectivity index (χ0v) is 10.6. The van der Waals surface area contributed by atoms with E-state index < -0.39 is 21.4 Å². The molecule has 0 N–H and O–H groups in total. The molecule has 0 unspecified atom stereocenters. The lowest BCUT2D eigenvalue weighted by Crippen LogP contribution is -2.33. The van der Waals surface area contributed by atoms with Crippen LogP contribution in [0.3, 0.4) is 0 Å². The van der Waals surface area contributed by atoms with E-state index in [4.69, 9.17) is 0 Å². The number of carbonyl (C=O) groups is 1. The predicted molar refractivity (Wildman–Crippen MR) is 64.3 cm³/mol. The second kappa shape index (κ2) is 5.06. The van der Waals surface area contributed by atoms with Crippen LogP contribution in [-0.2, 0) is 14.6 Å². The van der Waals surface area contributed by atoms with Gasteiger partial charge in [-0.05, 0) is 37.1 Å². The standard InChI is InChI=1S/C12H14FNO3S/c13-10-3-5-11(6-4-10)18(16,17)9-12(15)14-7-1-2-8-14/h3-6H,1-2,7-9H2. The molecular formula is C12H14FNO3S. The third kappa shape index (κ3) is 2.87. The molecule has 98 valence electrons. The van der Waals surface area contributed by atoms with Crippen LogP contribution in [0.25, 0.3) is 0 Å². The third-order valence-electron chi connectivity index (χ3n) is 2.95. The summed E-state index contributed by atoms with van der Waals surface area (Å²) >= 11 is 0. The number of hydrogen-bond acceptors (Lipinski definition) is 3. The summed E-state index contributed by atoms with van der Waals surface area (Å²) in [6.07, 6.45) is 1.84. The molecule has 0 atom stereocenters. The molecule has 4 nitrogen and oxygen atoms in total. The fourth-order valence-electron chi connectivity index (χ4n) is 1.95. The first-order valence-corrected chi connectivity index (χ1v) is 7.40. The van der Waals surface area contributed by atoms with Crippen molar-refractivity contribution >= 4 is 15.7 Å². The van der Waals surface area contributed by atoms with Crippen molar-refractivity contribution in [1.82, 2.24) is 4.90 Å². The minimum atomic E-state index is -3.67. The molecule has 1 aromatic carbocycles. The Kier molecular flexibility index (Phi) is 3.65. The first-order valence-electron chi connectivity index (χ1n) is 5.75. The van der Waals surface area contributed by atoms with Crippen LogP contribution >= 0.6 is 0 Å². The maximum atomic E-state index is 12.7. The Bertz CT molecular complexity index is 533. The fourth-order valence-corrected chi connectivity index (χ4v) is 3.17. The van der Waals surface area contributed by atoms with E-state index in [0.717, 1.165) is 25.0 Å². The van der Waals surface area contributed by atoms with Gasteiger partial charge in [0.05, 0.1) is 4.90 Å². The number of benzene rings is 1. The lowest BCUT2D eigenvalue weighted by atomic mass is 10.4. The highest BCUT2D eigenvalue weighted by Crippen LogP contribution is 2.14. The fraction of sp³-hybridized carbons (Fsp3) is 0.417. The zero-order chi connectivity index (χ0) is 13.2. The molecule has 6 heteroatoms. The summed E-state index contributed by atoms with van der Waals surface area (Å²) in [5, 5.41) is 0. The molecule has 0 aromatic heterocycles. The van der Waals surface area contributed by atoms with E-state index >= 15 is 0 Å². The van der Waals surface area contributed by atoms with Gasteiger partial charge in [0, 0.05) is 13.1 Å². The molecule has 0 radical (unpaired) electrons. The summed E-state index contributed by atoms with van der Waals surface area (Å²) in [4.78, 5) is 13.3. The van der Waals surface area contributed by atoms with Crippen molar-refractivity contribution < 1.29 is 17.6 Å². The first-order chi connectivity index (χ1) is 8.49. The summed E-state index contributed by atoms with van der Waals surface area (Å²) in [6, 6.07) is 4.52. The summed E-state index contributed by atoms with van der Waals surface area (Å²) in [5.74, 6) is -1.42. The molecule has 2 rings (SSSR count). The molecule has 0 saturated carbocycles. The second-order valence-corrected chi connectivity index (χ2v) is 6.29. The average molecular weight is 271 g/mol. The van der Waals surface area contributed by atoms with E-state index in [9.17, 15) is 17.6 Å². The Morgan fingerprint density at radius 3 is 2.28 bits per heavy atom. The van der Waals surface area contributed by atoms with Crippen molar-refractivity contribution in [1.29, 1.82) is 0 Å². The quantitative estimate of drug-likeness (QED) is 0.777. The largest absolute Gasteiger partial charge is 0.342 e. The Morgan fingerprint density at radius 1 is 1.17 bits per heavy atom. The van der Waals surface area contributed by atoms with Crippen LogP contribution in [0.1, 0.15) is 12.8 Å². The SMILES string of the molecule is O=C(CS(=O)(=O)c1ccc(F)cc1)N1CCCC1. The van der Waals surface area contributed by atoms with Crippen LogP contribution in [0.15, 0.2) is 29.2 Å². The van der Waals surface area contributed by atoms with Gasteiger partial charge in [0.2, 0.25) is 5.91 Å². The van der Waals surface area contributed by atoms with Gasteiger partial charge in [0.25, 0.3) is 0 Å². The van der Waals surface area contributed by atoms with Gasteiger partial charge in [-0.1, -0.05) is 0 Å². The summed E-state index contributed by atoms with van der Waals surface area (Å²) in [6.45, 7) is 1.25. The molecular weight excluding hydrogens is 257 g/mol. The van der Waals surface area contributed by atoms with Crippen LogP contribution in [0.5, 0.6) is 0 Å². The highest BCUT2D eigenvalue weighted by molar-refractivity contribution is 7.92. The van der Waals surface area contributed by atoms with Gasteiger partial charge in [-0.3, -0.25) is 4.79 Å². The van der Waals surface area contributed by atoms with Gasteiger partial charge in [-0.2, -0.15) is 0 Å². The van der Waals surface area contributed by atoms with Crippen molar-refractivity contribution in [3.63, 3.8) is 0 Å². The van der Waals surface area contributed by atoms with E-state index in [2.05, 4.69) is 0 Å². The van der Waals surface area contributed by atoms with Crippen LogP contribution in [0.2, 0.25) is 0 Å². The van der Waals surface area contributed by atoms with Crippen LogP contribution in [0, 0.1) is 5.82 Å². The molecule has 0 spiro atoms. The topological polar surface area (TPSA) is 54.5 Å². The highest BCUT2D eigenvalue weighted by atomic mass is 32.2. The summed E-state index contributed by atoms with van der Waals surface area (Å²) < 4.78 is 36.6. The first kappa shape index (κ1) is 13.0. The average Bonchev–Trinajstić information content (AvgIpc) is 2.82. The van der Waals surface area contributed by atoms with E-state index in [1.165, 1.54) is 12.1 Å². The molecule has 0 aliphatic carbocycles. The van der Waals surface area contributed by atoms with Crippen LogP contribution < -0.4 is 0 Å². The van der Waals surface area contributed by atoms with Crippen molar-refractivity contribution in [2.24, 2.45) is 0 Å². The third-order valence-corrected chi connectivity index (χ3v) is 4.56. The van der Waals surface area contributed by atoms with Crippen molar-refractivity contribution in [2.45, 2.75) is 17.7 Å². The van der Waals surface area contributed by atoms with Crippen molar-refractivity contribution in [3.05, 3.63) is 30.1 Å². The number of amides is 1. The van der Waals surface area contributed by atoms with Gasteiger partial charge in [-0.15, -0.1) is 0 Å². The molecule has 1 aliphatic rings. The van der Waals surface area contributed by atoms with Crippen molar-refractivity contribution in [3.8, 4) is 0 Å². The molecule has 0 bridgehead atoms. The van der Waals surface area contributed by atoms with Gasteiger partial charge >= 0.3 is 0 Å². The zero-order valence-electron chi connectivity index (χ0n) is 9.80. The van der Waals surface area contributed by atoms with Gasteiger partial charge in [-0.25, -0.2) is 12.8 Å². The highest BCUT2D eigenvalue weighted by Gasteiger charge is 2.25. The lowest BCUT2D eigenvalue weighted by Gasteiger charge is -2.15. The molecule has 18 heavy (non-hydrogen) atoms. The minimum Gasteiger partial charge on any atom is -0.342 e. The number of sulfone groups is 1. The summed E-state index contributed by atoms with van der Waals surface area (Å²) in [7, 11) is -3.67. The smallest absolute Gasteiger partial charge is 0.238 e. The number of rotatable bonds is 3. The maximum Gasteiger partial charge on any atom is 0.238 e. The van der Waals surface area contributed by atoms with E-state index in [0.29, 0.717) is 13.1 Å². The molecule has 1 aliphatic heterocycles. The number of hydrogen-bond donors (Lipinski definition) is 0. The normalized spacial score (nSPS) is 15.9. The van der Waals surface area contributed by atoms with Gasteiger partial charge in [0.1, 0.15) is 11.6 Å². The van der Waals surface area contributed by atoms with E-state index in [1.807, 2.05) is 0 Å². The predicted octanol–water partition coefficient (Wildman–Crippen LogP) is 1.22.